The Morgan fingerprint density at radius 2 is 1.94 bits per heavy atom. The summed E-state index contributed by atoms with van der Waals surface area (Å²) in [5, 5.41) is 0. The van der Waals surface area contributed by atoms with Gasteiger partial charge in [0.1, 0.15) is 5.75 Å². The van der Waals surface area contributed by atoms with Crippen LogP contribution in [0.25, 0.3) is 0 Å². The smallest absolute Gasteiger partial charge is 0.305 e. The van der Waals surface area contributed by atoms with E-state index in [4.69, 9.17) is 4.74 Å². The first kappa shape index (κ1) is 13.7. The molecule has 0 saturated carbocycles. The molecule has 0 aromatic heterocycles. The topological polar surface area (TPSA) is 52.6 Å². The van der Waals surface area contributed by atoms with E-state index >= 15 is 0 Å². The van der Waals surface area contributed by atoms with Crippen LogP contribution >= 0.6 is 15.9 Å². The third-order valence-electron chi connectivity index (χ3n) is 2.25. The van der Waals surface area contributed by atoms with Crippen LogP contribution in [0.2, 0.25) is 0 Å². The molecule has 1 aromatic rings. The number of carbonyl (C=O) groups excluding carboxylic acids is 2. The van der Waals surface area contributed by atoms with Crippen LogP contribution in [-0.4, -0.2) is 26.0 Å². The summed E-state index contributed by atoms with van der Waals surface area (Å²) in [7, 11) is 2.80. The molecule has 0 fully saturated rings. The molecule has 0 atom stereocenters. The van der Waals surface area contributed by atoms with Gasteiger partial charge in [0.2, 0.25) is 0 Å². The number of hydrogen-bond acceptors (Lipinski definition) is 4. The van der Waals surface area contributed by atoms with Gasteiger partial charge in [-0.2, -0.15) is 0 Å². The molecule has 5 heteroatoms. The van der Waals surface area contributed by atoms with Crippen LogP contribution in [0.4, 0.5) is 0 Å². The van der Waals surface area contributed by atoms with E-state index in [1.54, 1.807) is 18.2 Å². The third kappa shape index (κ3) is 3.85. The van der Waals surface area contributed by atoms with Crippen molar-refractivity contribution in [3.8, 4) is 5.75 Å². The number of ketones is 1. The van der Waals surface area contributed by atoms with Crippen molar-refractivity contribution in [2.45, 2.75) is 12.8 Å². The van der Waals surface area contributed by atoms with Gasteiger partial charge in [-0.3, -0.25) is 9.59 Å². The highest BCUT2D eigenvalue weighted by atomic mass is 79.9. The van der Waals surface area contributed by atoms with E-state index in [0.29, 0.717) is 11.3 Å². The van der Waals surface area contributed by atoms with Gasteiger partial charge < -0.3 is 9.47 Å². The zero-order chi connectivity index (χ0) is 12.8. The number of esters is 1. The van der Waals surface area contributed by atoms with Crippen LogP contribution in [0.5, 0.6) is 5.75 Å². The summed E-state index contributed by atoms with van der Waals surface area (Å²) in [6.45, 7) is 0. The van der Waals surface area contributed by atoms with Crippen molar-refractivity contribution in [1.82, 2.24) is 0 Å². The van der Waals surface area contributed by atoms with E-state index < -0.39 is 5.97 Å². The molecule has 1 rings (SSSR count). The Kier molecular flexibility index (Phi) is 5.15. The van der Waals surface area contributed by atoms with E-state index in [1.165, 1.54) is 14.2 Å². The van der Waals surface area contributed by atoms with Crippen LogP contribution in [0.1, 0.15) is 23.2 Å². The van der Waals surface area contributed by atoms with Crippen molar-refractivity contribution < 1.29 is 19.1 Å². The summed E-state index contributed by atoms with van der Waals surface area (Å²) in [5.41, 5.74) is 0.464. The zero-order valence-electron chi connectivity index (χ0n) is 9.66. The first-order valence-electron chi connectivity index (χ1n) is 5.02. The van der Waals surface area contributed by atoms with Gasteiger partial charge in [0, 0.05) is 10.9 Å². The van der Waals surface area contributed by atoms with Gasteiger partial charge in [0.15, 0.2) is 5.78 Å². The first-order chi connectivity index (χ1) is 8.08. The second-order valence-corrected chi connectivity index (χ2v) is 4.26. The molecule has 0 aliphatic carbocycles. The predicted octanol–water partition coefficient (Wildman–Crippen LogP) is 2.59. The summed E-state index contributed by atoms with van der Waals surface area (Å²) in [4.78, 5) is 22.8. The maximum atomic E-state index is 11.9. The van der Waals surface area contributed by atoms with Crippen LogP contribution < -0.4 is 4.74 Å². The minimum Gasteiger partial charge on any atom is -0.496 e. The van der Waals surface area contributed by atoms with Crippen LogP contribution in [0.3, 0.4) is 0 Å². The average Bonchev–Trinajstić information content (AvgIpc) is 2.35. The highest BCUT2D eigenvalue weighted by molar-refractivity contribution is 9.10. The monoisotopic (exact) mass is 300 g/mol. The Labute approximate surface area is 108 Å². The van der Waals surface area contributed by atoms with Crippen molar-refractivity contribution in [1.29, 1.82) is 0 Å². The van der Waals surface area contributed by atoms with E-state index in [2.05, 4.69) is 20.7 Å². The molecule has 0 spiro atoms. The minimum atomic E-state index is -0.396. The normalized spacial score (nSPS) is 9.82. The second kappa shape index (κ2) is 6.39. The van der Waals surface area contributed by atoms with Gasteiger partial charge in [-0.05, 0) is 18.2 Å². The fraction of sp³-hybridized carbons (Fsp3) is 0.333. The molecule has 0 saturated heterocycles. The maximum absolute atomic E-state index is 11.9. The van der Waals surface area contributed by atoms with Crippen molar-refractivity contribution in [3.05, 3.63) is 28.2 Å². The highest BCUT2D eigenvalue weighted by Crippen LogP contribution is 2.24. The molecular weight excluding hydrogens is 288 g/mol. The van der Waals surface area contributed by atoms with E-state index in [0.717, 1.165) is 4.47 Å². The van der Waals surface area contributed by atoms with Crippen molar-refractivity contribution in [3.63, 3.8) is 0 Å². The van der Waals surface area contributed by atoms with E-state index in [9.17, 15) is 9.59 Å². The average molecular weight is 301 g/mol. The van der Waals surface area contributed by atoms with E-state index in [-0.39, 0.29) is 18.6 Å². The first-order valence-corrected chi connectivity index (χ1v) is 5.81. The summed E-state index contributed by atoms with van der Waals surface area (Å²) >= 11 is 3.29. The van der Waals surface area contributed by atoms with Crippen molar-refractivity contribution in [2.24, 2.45) is 0 Å². The molecule has 0 aliphatic heterocycles. The lowest BCUT2D eigenvalue weighted by Crippen LogP contribution is -2.07. The number of benzene rings is 1. The predicted molar refractivity (Wildman–Crippen MR) is 66.3 cm³/mol. The fourth-order valence-electron chi connectivity index (χ4n) is 1.35. The molecule has 4 nitrogen and oxygen atoms in total. The quantitative estimate of drug-likeness (QED) is 0.619. The SMILES string of the molecule is COC(=O)CCC(=O)c1cc(Br)ccc1OC. The second-order valence-electron chi connectivity index (χ2n) is 3.34. The number of methoxy groups -OCH3 is 2. The fourth-order valence-corrected chi connectivity index (χ4v) is 1.71. The summed E-state index contributed by atoms with van der Waals surface area (Å²) < 4.78 is 10.4. The molecule has 0 unspecified atom stereocenters. The number of Topliss-reactive ketones (excluding diaryl/α,β-unsaturated/α-hetero) is 1. The molecule has 0 N–H and O–H groups in total. The van der Waals surface area contributed by atoms with Crippen molar-refractivity contribution in [2.75, 3.05) is 14.2 Å². The Hall–Kier alpha value is -1.36. The van der Waals surface area contributed by atoms with Gasteiger partial charge in [-0.15, -0.1) is 0 Å². The van der Waals surface area contributed by atoms with Gasteiger partial charge in [-0.1, -0.05) is 15.9 Å². The van der Waals surface area contributed by atoms with Gasteiger partial charge in [-0.25, -0.2) is 0 Å². The maximum Gasteiger partial charge on any atom is 0.305 e. The van der Waals surface area contributed by atoms with Gasteiger partial charge in [0.05, 0.1) is 26.2 Å². The lowest BCUT2D eigenvalue weighted by Gasteiger charge is -2.07. The lowest BCUT2D eigenvalue weighted by atomic mass is 10.1. The zero-order valence-corrected chi connectivity index (χ0v) is 11.2. The van der Waals surface area contributed by atoms with Crippen LogP contribution in [0.15, 0.2) is 22.7 Å². The third-order valence-corrected chi connectivity index (χ3v) is 2.74. The largest absolute Gasteiger partial charge is 0.496 e. The van der Waals surface area contributed by atoms with Gasteiger partial charge in [0.25, 0.3) is 0 Å². The Bertz CT molecular complexity index is 429. The molecule has 0 bridgehead atoms. The number of halogens is 1. The Morgan fingerprint density at radius 1 is 1.24 bits per heavy atom. The summed E-state index contributed by atoms with van der Waals surface area (Å²) in [6, 6.07) is 5.17. The Balaban J connectivity index is 2.80. The molecule has 0 amide bonds. The number of hydrogen-bond donors (Lipinski definition) is 0. The Morgan fingerprint density at radius 3 is 2.53 bits per heavy atom. The standard InChI is InChI=1S/C12H13BrO4/c1-16-11-5-3-8(13)7-9(11)10(14)4-6-12(15)17-2/h3,5,7H,4,6H2,1-2H3. The van der Waals surface area contributed by atoms with Crippen LogP contribution in [0, 0.1) is 0 Å². The van der Waals surface area contributed by atoms with Gasteiger partial charge >= 0.3 is 5.97 Å². The number of ether oxygens (including phenoxy) is 2. The van der Waals surface area contributed by atoms with E-state index in [1.807, 2.05) is 0 Å². The van der Waals surface area contributed by atoms with Crippen LogP contribution in [-0.2, 0) is 9.53 Å². The summed E-state index contributed by atoms with van der Waals surface area (Å²) in [6.07, 6.45) is 0.185. The number of rotatable bonds is 5. The molecule has 0 aliphatic rings. The molecule has 0 heterocycles. The molecule has 1 aromatic carbocycles. The molecule has 17 heavy (non-hydrogen) atoms. The lowest BCUT2D eigenvalue weighted by molar-refractivity contribution is -0.140. The summed E-state index contributed by atoms with van der Waals surface area (Å²) in [5.74, 6) is -0.0380. The molecular formula is C12H13BrO4. The van der Waals surface area contributed by atoms with Crippen molar-refractivity contribution >= 4 is 27.7 Å². The molecule has 92 valence electrons. The minimum absolute atomic E-state index is 0.0744. The number of carbonyl (C=O) groups is 2. The highest BCUT2D eigenvalue weighted by Gasteiger charge is 2.14. The molecule has 0 radical (unpaired) electrons.